The molecule has 0 radical (unpaired) electrons. The molecule has 0 bridgehead atoms. The minimum atomic E-state index is -0.764. The number of Topliss-reactive ketones (excluding diaryl/α,β-unsaturated/α-hetero) is 1. The lowest BCUT2D eigenvalue weighted by Crippen LogP contribution is -2.41. The van der Waals surface area contributed by atoms with Crippen molar-refractivity contribution in [3.05, 3.63) is 101 Å². The van der Waals surface area contributed by atoms with Gasteiger partial charge in [-0.05, 0) is 22.1 Å². The minimum Gasteiger partial charge on any atom is -0.497 e. The number of carbonyl (C=O) groups is 1. The van der Waals surface area contributed by atoms with Crippen LogP contribution in [-0.4, -0.2) is 39.1 Å². The average molecular weight is 499 g/mol. The molecule has 0 fully saturated rings. The molecule has 0 saturated heterocycles. The van der Waals surface area contributed by atoms with E-state index in [0.29, 0.717) is 28.0 Å². The molecule has 3 aromatic carbocycles. The Morgan fingerprint density at radius 3 is 2.19 bits per heavy atom. The van der Waals surface area contributed by atoms with E-state index in [0.717, 1.165) is 22.9 Å². The van der Waals surface area contributed by atoms with E-state index in [1.807, 2.05) is 60.7 Å². The van der Waals surface area contributed by atoms with E-state index in [-0.39, 0.29) is 11.4 Å². The molecular formula is C26H20N5O4S+. The summed E-state index contributed by atoms with van der Waals surface area (Å²) in [6, 6.07) is 26.2. The van der Waals surface area contributed by atoms with E-state index >= 15 is 0 Å². The Labute approximate surface area is 209 Å². The highest BCUT2D eigenvalue weighted by atomic mass is 32.2. The molecule has 0 aliphatic rings. The third kappa shape index (κ3) is 4.80. The first kappa shape index (κ1) is 23.2. The van der Waals surface area contributed by atoms with E-state index in [1.165, 1.54) is 4.68 Å². The van der Waals surface area contributed by atoms with Crippen LogP contribution in [0.15, 0.2) is 99.4 Å². The van der Waals surface area contributed by atoms with E-state index in [2.05, 4.69) is 15.5 Å². The van der Waals surface area contributed by atoms with Gasteiger partial charge in [-0.3, -0.25) is 9.32 Å². The van der Waals surface area contributed by atoms with Gasteiger partial charge in [0, 0.05) is 23.3 Å². The number of hydrogen-bond acceptors (Lipinski definition) is 8. The fraction of sp³-hybridized carbons (Fsp3) is 0.0769. The third-order valence-corrected chi connectivity index (χ3v) is 6.17. The number of carbonyl (C=O) groups excluding carboxylic acids is 1. The normalized spacial score (nSPS) is 10.8. The third-order valence-electron chi connectivity index (χ3n) is 5.34. The fourth-order valence-electron chi connectivity index (χ4n) is 3.58. The largest absolute Gasteiger partial charge is 0.497 e. The molecule has 5 rings (SSSR count). The number of nitrogens with one attached hydrogen (secondary N) is 1. The number of ketones is 1. The maximum absolute atomic E-state index is 13.0. The number of thioether (sulfide) groups is 1. The molecule has 0 aliphatic heterocycles. The number of methoxy groups -OCH3 is 1. The highest BCUT2D eigenvalue weighted by molar-refractivity contribution is 7.99. The molecule has 0 saturated carbocycles. The Balaban J connectivity index is 1.42. The van der Waals surface area contributed by atoms with Gasteiger partial charge in [0.25, 0.3) is 0 Å². The van der Waals surface area contributed by atoms with Crippen LogP contribution < -0.4 is 15.0 Å². The predicted molar refractivity (Wildman–Crippen MR) is 133 cm³/mol. The van der Waals surface area contributed by atoms with Gasteiger partial charge in [-0.1, -0.05) is 72.4 Å². The van der Waals surface area contributed by atoms with Gasteiger partial charge in [0.2, 0.25) is 16.6 Å². The van der Waals surface area contributed by atoms with Crippen molar-refractivity contribution < 1.29 is 18.7 Å². The van der Waals surface area contributed by atoms with Crippen molar-refractivity contribution in [2.24, 2.45) is 0 Å². The molecule has 0 aliphatic carbocycles. The van der Waals surface area contributed by atoms with Gasteiger partial charge < -0.3 is 4.74 Å². The zero-order chi connectivity index (χ0) is 24.9. The lowest BCUT2D eigenvalue weighted by atomic mass is 10.0. The number of hydrogen-bond donors (Lipinski definition) is 1. The van der Waals surface area contributed by atoms with Crippen LogP contribution in [0.3, 0.4) is 0 Å². The molecule has 2 aromatic heterocycles. The first-order valence-electron chi connectivity index (χ1n) is 10.9. The Bertz CT molecular complexity index is 1550. The Morgan fingerprint density at radius 1 is 0.917 bits per heavy atom. The Kier molecular flexibility index (Phi) is 6.67. The molecule has 10 heteroatoms. The van der Waals surface area contributed by atoms with Crippen LogP contribution >= 0.6 is 11.8 Å². The van der Waals surface area contributed by atoms with Crippen LogP contribution in [-0.2, 0) is 0 Å². The van der Waals surface area contributed by atoms with E-state index in [4.69, 9.17) is 14.2 Å². The molecular weight excluding hydrogens is 478 g/mol. The van der Waals surface area contributed by atoms with Crippen LogP contribution in [0.5, 0.6) is 5.75 Å². The molecule has 1 N–H and O–H groups in total. The Hall–Kier alpha value is -4.57. The van der Waals surface area contributed by atoms with Crippen LogP contribution in [0.4, 0.5) is 0 Å². The van der Waals surface area contributed by atoms with Crippen molar-refractivity contribution in [1.82, 2.24) is 20.5 Å². The van der Waals surface area contributed by atoms with Crippen LogP contribution in [0.25, 0.3) is 28.2 Å². The van der Waals surface area contributed by atoms with Crippen LogP contribution in [0.2, 0.25) is 0 Å². The van der Waals surface area contributed by atoms with E-state index in [9.17, 15) is 9.59 Å². The van der Waals surface area contributed by atoms with E-state index in [1.54, 1.807) is 31.4 Å². The summed E-state index contributed by atoms with van der Waals surface area (Å²) in [7, 11) is 1.56. The van der Waals surface area contributed by atoms with Crippen molar-refractivity contribution in [2.75, 3.05) is 12.9 Å². The van der Waals surface area contributed by atoms with Gasteiger partial charge in [0.15, 0.2) is 0 Å². The summed E-state index contributed by atoms with van der Waals surface area (Å²) >= 11 is 1.10. The highest BCUT2D eigenvalue weighted by Crippen LogP contribution is 2.29. The number of rotatable bonds is 8. The minimum absolute atomic E-state index is 0.0840. The van der Waals surface area contributed by atoms with Crippen LogP contribution in [0, 0.1) is 0 Å². The summed E-state index contributed by atoms with van der Waals surface area (Å²) < 4.78 is 11.4. The monoisotopic (exact) mass is 498 g/mol. The summed E-state index contributed by atoms with van der Waals surface area (Å²) in [4.78, 5) is 30.1. The smallest absolute Gasteiger partial charge is 0.438 e. The molecule has 9 nitrogen and oxygen atoms in total. The molecule has 0 atom stereocenters. The second kappa shape index (κ2) is 10.4. The molecule has 0 unspecified atom stereocenters. The quantitative estimate of drug-likeness (QED) is 0.195. The second-order valence-corrected chi connectivity index (χ2v) is 8.54. The summed E-state index contributed by atoms with van der Waals surface area (Å²) in [5, 5.41) is 11.4. The fourth-order valence-corrected chi connectivity index (χ4v) is 4.23. The van der Waals surface area contributed by atoms with Gasteiger partial charge in [0.1, 0.15) is 17.1 Å². The van der Waals surface area contributed by atoms with Crippen molar-refractivity contribution >= 4 is 17.5 Å². The number of H-pyrrole nitrogens is 1. The lowest BCUT2D eigenvalue weighted by molar-refractivity contribution is -0.672. The van der Waals surface area contributed by atoms with Crippen LogP contribution in [0.1, 0.15) is 10.5 Å². The molecule has 178 valence electrons. The number of benzene rings is 3. The van der Waals surface area contributed by atoms with Gasteiger partial charge >= 0.3 is 11.3 Å². The summed E-state index contributed by atoms with van der Waals surface area (Å²) in [6.07, 6.45) is 0. The first-order valence-corrected chi connectivity index (χ1v) is 11.9. The molecule has 0 amide bonds. The maximum atomic E-state index is 13.0. The number of aromatic nitrogens is 5. The maximum Gasteiger partial charge on any atom is 0.438 e. The van der Waals surface area contributed by atoms with Gasteiger partial charge in [-0.15, -0.1) is 10.2 Å². The van der Waals surface area contributed by atoms with Crippen molar-refractivity contribution in [3.63, 3.8) is 0 Å². The summed E-state index contributed by atoms with van der Waals surface area (Å²) in [5.41, 5.74) is 2.70. The summed E-state index contributed by atoms with van der Waals surface area (Å²) in [6.45, 7) is 0. The molecule has 2 heterocycles. The zero-order valence-electron chi connectivity index (χ0n) is 19.1. The molecule has 5 aromatic rings. The number of nitrogens with zero attached hydrogens (tertiary/aromatic N) is 4. The number of ether oxygens (including phenoxy) is 1. The standard InChI is InChI=1S/C26H19N5O4S/c1-34-20-14-12-19(13-15-20)31-24(25(33)35-30-31)21(32)16-36-26-27-22(17-8-4-2-5-9-17)23(28-29-26)18-10-6-3-7-11-18/h2-15H,16H2,1H3/p+1. The molecule has 0 spiro atoms. The van der Waals surface area contributed by atoms with Crippen molar-refractivity contribution in [2.45, 2.75) is 5.16 Å². The van der Waals surface area contributed by atoms with Gasteiger partial charge in [-0.2, -0.15) is 0 Å². The zero-order valence-corrected chi connectivity index (χ0v) is 19.9. The lowest BCUT2D eigenvalue weighted by Gasteiger charge is -2.09. The molecule has 36 heavy (non-hydrogen) atoms. The average Bonchev–Trinajstić information content (AvgIpc) is 3.34. The Morgan fingerprint density at radius 2 is 1.56 bits per heavy atom. The second-order valence-electron chi connectivity index (χ2n) is 7.60. The SMILES string of the molecule is COc1ccc(-[n+]2[nH]oc(=O)c2C(=O)CSc2nnc(-c3ccccc3)c(-c3ccccc3)n2)cc1. The van der Waals surface area contributed by atoms with Gasteiger partial charge in [-0.25, -0.2) is 9.78 Å². The topological polar surface area (TPSA) is 115 Å². The van der Waals surface area contributed by atoms with Crippen molar-refractivity contribution in [1.29, 1.82) is 0 Å². The van der Waals surface area contributed by atoms with Crippen molar-refractivity contribution in [3.8, 4) is 34.0 Å². The highest BCUT2D eigenvalue weighted by Gasteiger charge is 2.31. The first-order chi connectivity index (χ1) is 17.6. The van der Waals surface area contributed by atoms with E-state index < -0.39 is 11.4 Å². The van der Waals surface area contributed by atoms with Gasteiger partial charge in [0.05, 0.1) is 12.9 Å². The number of aromatic amines is 1. The predicted octanol–water partition coefficient (Wildman–Crippen LogP) is 3.75. The summed E-state index contributed by atoms with van der Waals surface area (Å²) in [5.74, 6) is 0.119.